The molecule has 1 amide bonds. The quantitative estimate of drug-likeness (QED) is 0.784. The Kier molecular flexibility index (Phi) is 4.70. The van der Waals surface area contributed by atoms with Gasteiger partial charge in [0.15, 0.2) is 0 Å². The smallest absolute Gasteiger partial charge is 0.306 e. The monoisotopic (exact) mass is 293 g/mol. The van der Waals surface area contributed by atoms with Gasteiger partial charge in [0, 0.05) is 11.3 Å². The Hall–Kier alpha value is -1.49. The van der Waals surface area contributed by atoms with Gasteiger partial charge in [-0.15, -0.1) is 0 Å². The second kappa shape index (κ2) is 6.31. The largest absolute Gasteiger partial charge is 0.469 e. The zero-order valence-electron chi connectivity index (χ0n) is 11.6. The van der Waals surface area contributed by atoms with E-state index in [2.05, 4.69) is 0 Å². The van der Waals surface area contributed by atoms with Crippen molar-refractivity contribution in [2.45, 2.75) is 25.0 Å². The van der Waals surface area contributed by atoms with E-state index in [4.69, 9.17) is 10.5 Å². The molecule has 1 aromatic carbocycles. The van der Waals surface area contributed by atoms with Gasteiger partial charge in [0.25, 0.3) is 0 Å². The second-order valence-corrected chi connectivity index (χ2v) is 6.25. The van der Waals surface area contributed by atoms with Gasteiger partial charge >= 0.3 is 5.97 Å². The maximum Gasteiger partial charge on any atom is 0.306 e. The molecule has 4 nitrogen and oxygen atoms in total. The number of carbonyl (C=O) groups is 2. The summed E-state index contributed by atoms with van der Waals surface area (Å²) in [5.41, 5.74) is 7.01. The standard InChI is InChI=1S/C15H19NO3S/c1-19-13(17)8-15(6-7-15)10-20-9-11-4-2-3-5-12(11)14(16)18/h2-5H,6-10H2,1H3,(H2,16,18). The summed E-state index contributed by atoms with van der Waals surface area (Å²) in [5.74, 6) is 1.12. The first-order valence-electron chi connectivity index (χ1n) is 6.59. The molecule has 1 aromatic rings. The molecule has 0 heterocycles. The van der Waals surface area contributed by atoms with Crippen molar-refractivity contribution in [2.75, 3.05) is 12.9 Å². The van der Waals surface area contributed by atoms with E-state index in [1.807, 2.05) is 18.2 Å². The number of nitrogens with two attached hydrogens (primary N) is 1. The molecule has 0 spiro atoms. The van der Waals surface area contributed by atoms with Crippen LogP contribution in [0.15, 0.2) is 24.3 Å². The van der Waals surface area contributed by atoms with Crippen LogP contribution in [0.4, 0.5) is 0 Å². The predicted molar refractivity (Wildman–Crippen MR) is 79.4 cm³/mol. The molecule has 0 aliphatic heterocycles. The third-order valence-electron chi connectivity index (χ3n) is 3.65. The summed E-state index contributed by atoms with van der Waals surface area (Å²) < 4.78 is 4.73. The fraction of sp³-hybridized carbons (Fsp3) is 0.467. The number of amides is 1. The lowest BCUT2D eigenvalue weighted by Crippen LogP contribution is -2.14. The summed E-state index contributed by atoms with van der Waals surface area (Å²) in [6, 6.07) is 7.39. The molecule has 1 aliphatic rings. The van der Waals surface area contributed by atoms with Gasteiger partial charge in [-0.3, -0.25) is 9.59 Å². The van der Waals surface area contributed by atoms with Gasteiger partial charge in [-0.1, -0.05) is 18.2 Å². The summed E-state index contributed by atoms with van der Waals surface area (Å²) in [5, 5.41) is 0. The van der Waals surface area contributed by atoms with Crippen LogP contribution in [-0.4, -0.2) is 24.7 Å². The van der Waals surface area contributed by atoms with Gasteiger partial charge in [0.05, 0.1) is 13.5 Å². The van der Waals surface area contributed by atoms with E-state index in [9.17, 15) is 9.59 Å². The normalized spacial score (nSPS) is 15.7. The number of esters is 1. The molecule has 1 saturated carbocycles. The third kappa shape index (κ3) is 3.76. The predicted octanol–water partition coefficient (Wildman–Crippen LogP) is 2.36. The Bertz CT molecular complexity index is 512. The number of primary amides is 1. The van der Waals surface area contributed by atoms with Crippen LogP contribution in [0.2, 0.25) is 0 Å². The number of benzene rings is 1. The molecule has 2 N–H and O–H groups in total. The Labute approximate surface area is 123 Å². The summed E-state index contributed by atoms with van der Waals surface area (Å²) in [6.45, 7) is 0. The minimum atomic E-state index is -0.392. The number of hydrogen-bond donors (Lipinski definition) is 1. The average Bonchev–Trinajstić information content (AvgIpc) is 3.18. The SMILES string of the molecule is COC(=O)CC1(CSCc2ccccc2C(N)=O)CC1. The average molecular weight is 293 g/mol. The van der Waals surface area contributed by atoms with Crippen LogP contribution >= 0.6 is 11.8 Å². The van der Waals surface area contributed by atoms with E-state index >= 15 is 0 Å². The van der Waals surface area contributed by atoms with Gasteiger partial charge in [0.1, 0.15) is 0 Å². The van der Waals surface area contributed by atoms with Gasteiger partial charge in [-0.25, -0.2) is 0 Å². The van der Waals surface area contributed by atoms with E-state index in [0.29, 0.717) is 12.0 Å². The Morgan fingerprint density at radius 3 is 2.65 bits per heavy atom. The number of ether oxygens (including phenoxy) is 1. The lowest BCUT2D eigenvalue weighted by atomic mass is 10.1. The molecule has 0 atom stereocenters. The first-order chi connectivity index (χ1) is 9.56. The maximum absolute atomic E-state index is 11.4. The highest BCUT2D eigenvalue weighted by Gasteiger charge is 2.44. The molecular weight excluding hydrogens is 274 g/mol. The van der Waals surface area contributed by atoms with Gasteiger partial charge in [-0.05, 0) is 35.6 Å². The molecule has 1 fully saturated rings. The second-order valence-electron chi connectivity index (χ2n) is 5.27. The molecule has 0 aromatic heterocycles. The van der Waals surface area contributed by atoms with Crippen LogP contribution in [0.25, 0.3) is 0 Å². The fourth-order valence-corrected chi connectivity index (χ4v) is 3.59. The van der Waals surface area contributed by atoms with Crippen molar-refractivity contribution < 1.29 is 14.3 Å². The van der Waals surface area contributed by atoms with Crippen LogP contribution < -0.4 is 5.73 Å². The topological polar surface area (TPSA) is 69.4 Å². The Morgan fingerprint density at radius 2 is 2.05 bits per heavy atom. The molecule has 5 heteroatoms. The molecule has 1 aliphatic carbocycles. The molecule has 0 unspecified atom stereocenters. The van der Waals surface area contributed by atoms with E-state index in [1.54, 1.807) is 17.8 Å². The third-order valence-corrected chi connectivity index (χ3v) is 4.98. The first-order valence-corrected chi connectivity index (χ1v) is 7.74. The zero-order valence-corrected chi connectivity index (χ0v) is 12.4. The van der Waals surface area contributed by atoms with Crippen LogP contribution in [0.1, 0.15) is 35.2 Å². The number of carbonyl (C=O) groups excluding carboxylic acids is 2. The van der Waals surface area contributed by atoms with Crippen molar-refractivity contribution in [3.63, 3.8) is 0 Å². The summed E-state index contributed by atoms with van der Waals surface area (Å²) in [4.78, 5) is 22.7. The van der Waals surface area contributed by atoms with E-state index in [-0.39, 0.29) is 11.4 Å². The lowest BCUT2D eigenvalue weighted by Gasteiger charge is -2.13. The fourth-order valence-electron chi connectivity index (χ4n) is 2.19. The van der Waals surface area contributed by atoms with Crippen molar-refractivity contribution in [2.24, 2.45) is 11.1 Å². The molecule has 2 rings (SSSR count). The van der Waals surface area contributed by atoms with Crippen molar-refractivity contribution in [3.8, 4) is 0 Å². The summed E-state index contributed by atoms with van der Waals surface area (Å²) in [6.07, 6.45) is 2.65. The highest BCUT2D eigenvalue weighted by atomic mass is 32.2. The molecule has 0 saturated heterocycles. The maximum atomic E-state index is 11.4. The first kappa shape index (κ1) is 14.9. The number of hydrogen-bond acceptors (Lipinski definition) is 4. The van der Waals surface area contributed by atoms with Crippen molar-refractivity contribution >= 4 is 23.6 Å². The van der Waals surface area contributed by atoms with Crippen molar-refractivity contribution in [3.05, 3.63) is 35.4 Å². The molecule has 0 radical (unpaired) electrons. The number of rotatable bonds is 7. The minimum absolute atomic E-state index is 0.111. The van der Waals surface area contributed by atoms with Gasteiger partial charge in [-0.2, -0.15) is 11.8 Å². The highest BCUT2D eigenvalue weighted by molar-refractivity contribution is 7.98. The molecule has 108 valence electrons. The Morgan fingerprint density at radius 1 is 1.35 bits per heavy atom. The molecular formula is C15H19NO3S. The van der Waals surface area contributed by atoms with Gasteiger partial charge < -0.3 is 10.5 Å². The van der Waals surface area contributed by atoms with E-state index in [1.165, 1.54) is 7.11 Å². The molecule has 20 heavy (non-hydrogen) atoms. The van der Waals surface area contributed by atoms with Crippen LogP contribution in [0, 0.1) is 5.41 Å². The van der Waals surface area contributed by atoms with E-state index < -0.39 is 5.91 Å². The van der Waals surface area contributed by atoms with Crippen molar-refractivity contribution in [1.82, 2.24) is 0 Å². The summed E-state index contributed by atoms with van der Waals surface area (Å²) in [7, 11) is 1.43. The van der Waals surface area contributed by atoms with Crippen molar-refractivity contribution in [1.29, 1.82) is 0 Å². The lowest BCUT2D eigenvalue weighted by molar-refractivity contribution is -0.141. The van der Waals surface area contributed by atoms with Crippen LogP contribution in [0.5, 0.6) is 0 Å². The minimum Gasteiger partial charge on any atom is -0.469 e. The van der Waals surface area contributed by atoms with Crippen LogP contribution in [-0.2, 0) is 15.3 Å². The molecule has 0 bridgehead atoms. The van der Waals surface area contributed by atoms with Crippen LogP contribution in [0.3, 0.4) is 0 Å². The highest BCUT2D eigenvalue weighted by Crippen LogP contribution is 2.51. The summed E-state index contributed by atoms with van der Waals surface area (Å²) >= 11 is 1.74. The Balaban J connectivity index is 1.88. The zero-order chi connectivity index (χ0) is 14.6. The number of methoxy groups -OCH3 is 1. The van der Waals surface area contributed by atoms with E-state index in [0.717, 1.165) is 29.9 Å². The number of thioether (sulfide) groups is 1. The van der Waals surface area contributed by atoms with Gasteiger partial charge in [0.2, 0.25) is 5.91 Å².